The molecule has 2 nitrogen and oxygen atoms in total. The molecule has 0 bridgehead atoms. The second kappa shape index (κ2) is 14.8. The fourth-order valence-electron chi connectivity index (χ4n) is 2.81. The third-order valence-corrected chi connectivity index (χ3v) is 4.54. The minimum absolute atomic E-state index is 1.02. The van der Waals surface area contributed by atoms with Crippen molar-refractivity contribution in [1.29, 1.82) is 0 Å². The van der Waals surface area contributed by atoms with Crippen LogP contribution < -0.4 is 10.6 Å². The Morgan fingerprint density at radius 3 is 1.67 bits per heavy atom. The summed E-state index contributed by atoms with van der Waals surface area (Å²) in [6.45, 7) is 7.22. The van der Waals surface area contributed by atoms with Gasteiger partial charge < -0.3 is 10.6 Å². The lowest BCUT2D eigenvalue weighted by atomic mass is 10.1. The normalized spacial score (nSPS) is 14.7. The molecule has 0 atom stereocenters. The van der Waals surface area contributed by atoms with Crippen LogP contribution in [0.25, 0.3) is 0 Å². The summed E-state index contributed by atoms with van der Waals surface area (Å²) < 4.78 is 0. The maximum Gasteiger partial charge on any atom is -0.00205 e. The van der Waals surface area contributed by atoms with E-state index >= 15 is 0 Å². The Morgan fingerprint density at radius 1 is 0.619 bits per heavy atom. The zero-order chi connectivity index (χ0) is 15.0. The zero-order valence-corrected chi connectivity index (χ0v) is 14.6. The summed E-state index contributed by atoms with van der Waals surface area (Å²) in [6, 6.07) is 0. The first-order valence-electron chi connectivity index (χ1n) is 9.85. The van der Waals surface area contributed by atoms with Crippen LogP contribution in [0.2, 0.25) is 0 Å². The molecular weight excluding hydrogens is 256 g/mol. The molecule has 0 heterocycles. The molecule has 0 aromatic carbocycles. The van der Waals surface area contributed by atoms with Crippen molar-refractivity contribution >= 4 is 0 Å². The van der Waals surface area contributed by atoms with E-state index in [0.29, 0.717) is 0 Å². The number of hydrogen-bond acceptors (Lipinski definition) is 2. The lowest BCUT2D eigenvalue weighted by Crippen LogP contribution is -2.21. The van der Waals surface area contributed by atoms with Gasteiger partial charge >= 0.3 is 0 Å². The van der Waals surface area contributed by atoms with Crippen LogP contribution in [-0.4, -0.2) is 26.2 Å². The number of hydrogen-bond donors (Lipinski definition) is 2. The van der Waals surface area contributed by atoms with Crippen LogP contribution in [0, 0.1) is 5.92 Å². The van der Waals surface area contributed by atoms with Crippen LogP contribution in [-0.2, 0) is 0 Å². The molecule has 0 aromatic heterocycles. The number of nitrogens with one attached hydrogen (secondary N) is 2. The van der Waals surface area contributed by atoms with Crippen molar-refractivity contribution in [3.05, 3.63) is 0 Å². The highest BCUT2D eigenvalue weighted by atomic mass is 14.9. The maximum atomic E-state index is 3.59. The van der Waals surface area contributed by atoms with Crippen molar-refractivity contribution in [2.75, 3.05) is 26.2 Å². The van der Waals surface area contributed by atoms with Crippen LogP contribution in [0.3, 0.4) is 0 Å². The molecule has 0 spiro atoms. The summed E-state index contributed by atoms with van der Waals surface area (Å²) in [6.07, 6.45) is 18.4. The van der Waals surface area contributed by atoms with Gasteiger partial charge in [-0.15, -0.1) is 0 Å². The van der Waals surface area contributed by atoms with Gasteiger partial charge in [0, 0.05) is 0 Å². The highest BCUT2D eigenvalue weighted by molar-refractivity contribution is 4.74. The molecule has 1 saturated carbocycles. The highest BCUT2D eigenvalue weighted by Gasteiger charge is 2.19. The molecule has 2 N–H and O–H groups in total. The Morgan fingerprint density at radius 2 is 1.10 bits per heavy atom. The first-order valence-corrected chi connectivity index (χ1v) is 9.85. The molecule has 1 aliphatic carbocycles. The summed E-state index contributed by atoms with van der Waals surface area (Å²) in [5.41, 5.74) is 0. The molecular formula is C19H40N2. The van der Waals surface area contributed by atoms with E-state index in [2.05, 4.69) is 17.6 Å². The summed E-state index contributed by atoms with van der Waals surface area (Å²) in [5.74, 6) is 1.02. The molecule has 126 valence electrons. The Hall–Kier alpha value is -0.0800. The minimum atomic E-state index is 1.02. The van der Waals surface area contributed by atoms with Crippen LogP contribution in [0.5, 0.6) is 0 Å². The van der Waals surface area contributed by atoms with E-state index < -0.39 is 0 Å². The largest absolute Gasteiger partial charge is 0.317 e. The monoisotopic (exact) mass is 296 g/mol. The Labute approximate surface area is 133 Å². The van der Waals surface area contributed by atoms with E-state index in [1.807, 2.05) is 0 Å². The Kier molecular flexibility index (Phi) is 13.4. The van der Waals surface area contributed by atoms with Crippen molar-refractivity contribution in [3.63, 3.8) is 0 Å². The quantitative estimate of drug-likeness (QED) is 0.374. The topological polar surface area (TPSA) is 24.1 Å². The predicted molar refractivity (Wildman–Crippen MR) is 94.9 cm³/mol. The van der Waals surface area contributed by atoms with Crippen LogP contribution in [0.4, 0.5) is 0 Å². The minimum Gasteiger partial charge on any atom is -0.317 e. The SMILES string of the molecule is CCCCCCCCCCCNCCCCNCC1CC1. The fraction of sp³-hybridized carbons (Fsp3) is 1.00. The van der Waals surface area contributed by atoms with Gasteiger partial charge in [0.25, 0.3) is 0 Å². The Bertz CT molecular complexity index is 202. The average Bonchev–Trinajstić information content (AvgIpc) is 3.31. The molecule has 1 fully saturated rings. The molecule has 1 aliphatic rings. The van der Waals surface area contributed by atoms with Gasteiger partial charge in [0.05, 0.1) is 0 Å². The van der Waals surface area contributed by atoms with Gasteiger partial charge in [0.2, 0.25) is 0 Å². The predicted octanol–water partition coefficient (Wildman–Crippen LogP) is 4.89. The first-order chi connectivity index (χ1) is 10.4. The summed E-state index contributed by atoms with van der Waals surface area (Å²) in [7, 11) is 0. The Balaban J connectivity index is 1.59. The molecule has 2 heteroatoms. The third kappa shape index (κ3) is 14.6. The highest BCUT2D eigenvalue weighted by Crippen LogP contribution is 2.27. The van der Waals surface area contributed by atoms with Crippen molar-refractivity contribution in [2.45, 2.75) is 90.4 Å². The lowest BCUT2D eigenvalue weighted by molar-refractivity contribution is 0.534. The van der Waals surface area contributed by atoms with Gasteiger partial charge in [-0.25, -0.2) is 0 Å². The first kappa shape index (κ1) is 19.0. The van der Waals surface area contributed by atoms with Crippen molar-refractivity contribution < 1.29 is 0 Å². The van der Waals surface area contributed by atoms with Crippen LogP contribution in [0.15, 0.2) is 0 Å². The fourth-order valence-corrected chi connectivity index (χ4v) is 2.81. The van der Waals surface area contributed by atoms with E-state index in [1.165, 1.54) is 110 Å². The van der Waals surface area contributed by atoms with Gasteiger partial charge in [-0.2, -0.15) is 0 Å². The van der Waals surface area contributed by atoms with E-state index in [-0.39, 0.29) is 0 Å². The second-order valence-corrected chi connectivity index (χ2v) is 6.93. The van der Waals surface area contributed by atoms with Gasteiger partial charge in [0.15, 0.2) is 0 Å². The van der Waals surface area contributed by atoms with E-state index in [9.17, 15) is 0 Å². The lowest BCUT2D eigenvalue weighted by Gasteiger charge is -2.06. The summed E-state index contributed by atoms with van der Waals surface area (Å²) in [4.78, 5) is 0. The van der Waals surface area contributed by atoms with Crippen molar-refractivity contribution in [3.8, 4) is 0 Å². The molecule has 0 aliphatic heterocycles. The van der Waals surface area contributed by atoms with Crippen molar-refractivity contribution in [1.82, 2.24) is 10.6 Å². The van der Waals surface area contributed by atoms with Crippen LogP contribution in [0.1, 0.15) is 90.4 Å². The maximum absolute atomic E-state index is 3.59. The molecule has 1 rings (SSSR count). The molecule has 0 radical (unpaired) electrons. The van der Waals surface area contributed by atoms with E-state index in [0.717, 1.165) is 5.92 Å². The van der Waals surface area contributed by atoms with Crippen molar-refractivity contribution in [2.24, 2.45) is 5.92 Å². The number of rotatable bonds is 17. The van der Waals surface area contributed by atoms with E-state index in [1.54, 1.807) is 0 Å². The molecule has 21 heavy (non-hydrogen) atoms. The van der Waals surface area contributed by atoms with Crippen LogP contribution >= 0.6 is 0 Å². The molecule has 0 aromatic rings. The third-order valence-electron chi connectivity index (χ3n) is 4.54. The summed E-state index contributed by atoms with van der Waals surface area (Å²) >= 11 is 0. The van der Waals surface area contributed by atoms with E-state index in [4.69, 9.17) is 0 Å². The van der Waals surface area contributed by atoms with Gasteiger partial charge in [0.1, 0.15) is 0 Å². The molecule has 0 saturated heterocycles. The molecule has 0 amide bonds. The smallest absolute Gasteiger partial charge is 0.00205 e. The molecule has 0 unspecified atom stereocenters. The number of unbranched alkanes of at least 4 members (excludes halogenated alkanes) is 9. The zero-order valence-electron chi connectivity index (χ0n) is 14.6. The van der Waals surface area contributed by atoms with Gasteiger partial charge in [-0.3, -0.25) is 0 Å². The van der Waals surface area contributed by atoms with Gasteiger partial charge in [-0.1, -0.05) is 58.3 Å². The average molecular weight is 297 g/mol. The second-order valence-electron chi connectivity index (χ2n) is 6.93. The standard InChI is InChI=1S/C19H40N2/c1-2-3-4-5-6-7-8-9-10-15-20-16-11-12-17-21-18-19-13-14-19/h19-21H,2-18H2,1H3. The van der Waals surface area contributed by atoms with Gasteiger partial charge in [-0.05, 0) is 64.2 Å². The summed E-state index contributed by atoms with van der Waals surface area (Å²) in [5, 5.41) is 7.15.